The number of amides is 1. The summed E-state index contributed by atoms with van der Waals surface area (Å²) in [6.45, 7) is 1.72. The van der Waals surface area contributed by atoms with Gasteiger partial charge in [0.2, 0.25) is 5.91 Å². The van der Waals surface area contributed by atoms with Gasteiger partial charge in [-0.25, -0.2) is 4.98 Å². The fraction of sp³-hybridized carbons (Fsp3) is 0.174. The molecular weight excluding hydrogens is 439 g/mol. The number of anilines is 1. The number of hydrogen-bond acceptors (Lipinski definition) is 4. The van der Waals surface area contributed by atoms with Crippen molar-refractivity contribution in [2.45, 2.75) is 25.6 Å². The number of alkyl halides is 3. The van der Waals surface area contributed by atoms with Gasteiger partial charge in [-0.1, -0.05) is 43.3 Å². The Bertz CT molecular complexity index is 1330. The molecule has 0 aliphatic heterocycles. The number of carbonyl (C=O) groups is 1. The zero-order valence-corrected chi connectivity index (χ0v) is 17.7. The number of carbonyl (C=O) groups excluding carboxylic acids is 1. The lowest BCUT2D eigenvalue weighted by Crippen LogP contribution is -2.33. The van der Waals surface area contributed by atoms with Crippen molar-refractivity contribution >= 4 is 33.1 Å². The minimum atomic E-state index is -4.52. The average molecular weight is 457 g/mol. The highest BCUT2D eigenvalue weighted by Gasteiger charge is 2.31. The number of fused-ring (bicyclic) bond motifs is 1. The molecule has 5 nitrogen and oxygen atoms in total. The molecule has 4 aromatic rings. The molecule has 0 fully saturated rings. The van der Waals surface area contributed by atoms with Crippen molar-refractivity contribution < 1.29 is 18.0 Å². The van der Waals surface area contributed by atoms with Gasteiger partial charge in [-0.3, -0.25) is 14.2 Å². The maximum atomic E-state index is 13.3. The Morgan fingerprint density at radius 3 is 2.59 bits per heavy atom. The van der Waals surface area contributed by atoms with Gasteiger partial charge < -0.3 is 5.32 Å². The van der Waals surface area contributed by atoms with E-state index in [-0.39, 0.29) is 17.7 Å². The third kappa shape index (κ3) is 4.16. The Balaban J connectivity index is 1.70. The smallest absolute Gasteiger partial charge is 0.324 e. The van der Waals surface area contributed by atoms with Gasteiger partial charge in [0.15, 0.2) is 0 Å². The van der Waals surface area contributed by atoms with Crippen LogP contribution < -0.4 is 10.9 Å². The molecular formula is C23H18F3N3O2S. The molecule has 0 bridgehead atoms. The summed E-state index contributed by atoms with van der Waals surface area (Å²) in [7, 11) is 0. The predicted octanol–water partition coefficient (Wildman–Crippen LogP) is 5.73. The molecule has 1 unspecified atom stereocenters. The molecule has 2 heterocycles. The van der Waals surface area contributed by atoms with Crippen molar-refractivity contribution in [3.63, 3.8) is 0 Å². The lowest BCUT2D eigenvalue weighted by molar-refractivity contribution is -0.137. The molecule has 0 aliphatic carbocycles. The van der Waals surface area contributed by atoms with E-state index in [1.165, 1.54) is 34.4 Å². The third-order valence-electron chi connectivity index (χ3n) is 5.09. The minimum Gasteiger partial charge on any atom is -0.324 e. The normalized spacial score (nSPS) is 12.6. The molecule has 9 heteroatoms. The summed E-state index contributed by atoms with van der Waals surface area (Å²) in [6, 6.07) is 12.8. The molecule has 32 heavy (non-hydrogen) atoms. The van der Waals surface area contributed by atoms with Crippen LogP contribution in [0.2, 0.25) is 0 Å². The van der Waals surface area contributed by atoms with Gasteiger partial charge in [0.1, 0.15) is 10.9 Å². The van der Waals surface area contributed by atoms with E-state index in [0.717, 1.165) is 23.3 Å². The molecule has 0 aliphatic rings. The van der Waals surface area contributed by atoms with Crippen LogP contribution in [0.25, 0.3) is 21.3 Å². The fourth-order valence-electron chi connectivity index (χ4n) is 3.50. The minimum absolute atomic E-state index is 0.00543. The highest BCUT2D eigenvalue weighted by atomic mass is 32.1. The summed E-state index contributed by atoms with van der Waals surface area (Å²) in [5, 5.41) is 4.76. The van der Waals surface area contributed by atoms with E-state index in [1.807, 2.05) is 35.7 Å². The molecule has 1 N–H and O–H groups in total. The molecule has 164 valence electrons. The molecule has 0 saturated carbocycles. The second kappa shape index (κ2) is 8.58. The summed E-state index contributed by atoms with van der Waals surface area (Å²) < 4.78 is 40.2. The molecule has 4 rings (SSSR count). The zero-order chi connectivity index (χ0) is 22.9. The Kier molecular flexibility index (Phi) is 5.84. The average Bonchev–Trinajstić information content (AvgIpc) is 3.21. The SMILES string of the molecule is CCC(C(=O)Nc1cccc(C(F)(F)F)c1)n1cnc2scc(-c3ccccc3)c2c1=O. The van der Waals surface area contributed by atoms with Crippen molar-refractivity contribution in [2.75, 3.05) is 5.32 Å². The quantitative estimate of drug-likeness (QED) is 0.416. The van der Waals surface area contributed by atoms with Crippen molar-refractivity contribution in [1.82, 2.24) is 9.55 Å². The number of rotatable bonds is 5. The van der Waals surface area contributed by atoms with Crippen LogP contribution >= 0.6 is 11.3 Å². The van der Waals surface area contributed by atoms with Crippen LogP contribution in [0, 0.1) is 0 Å². The van der Waals surface area contributed by atoms with Gasteiger partial charge in [-0.05, 0) is 30.2 Å². The number of nitrogens with one attached hydrogen (secondary N) is 1. The summed E-state index contributed by atoms with van der Waals surface area (Å²) in [4.78, 5) is 31.1. The molecule has 2 aromatic heterocycles. The first-order chi connectivity index (χ1) is 15.3. The van der Waals surface area contributed by atoms with E-state index in [1.54, 1.807) is 6.92 Å². The third-order valence-corrected chi connectivity index (χ3v) is 5.97. The van der Waals surface area contributed by atoms with Gasteiger partial charge in [0, 0.05) is 16.6 Å². The van der Waals surface area contributed by atoms with E-state index in [2.05, 4.69) is 10.3 Å². The summed E-state index contributed by atoms with van der Waals surface area (Å²) in [5.74, 6) is -0.591. The summed E-state index contributed by atoms with van der Waals surface area (Å²) >= 11 is 1.33. The number of nitrogens with zero attached hydrogens (tertiary/aromatic N) is 2. The van der Waals surface area contributed by atoms with Gasteiger partial charge in [-0.2, -0.15) is 13.2 Å². The van der Waals surface area contributed by atoms with Crippen LogP contribution in [-0.4, -0.2) is 15.5 Å². The molecule has 2 aromatic carbocycles. The fourth-order valence-corrected chi connectivity index (χ4v) is 4.41. The van der Waals surface area contributed by atoms with Crippen molar-refractivity contribution in [3.8, 4) is 11.1 Å². The summed E-state index contributed by atoms with van der Waals surface area (Å²) in [5.41, 5.74) is 0.351. The molecule has 1 atom stereocenters. The maximum Gasteiger partial charge on any atom is 0.416 e. The van der Waals surface area contributed by atoms with Crippen molar-refractivity contribution in [3.05, 3.63) is 82.2 Å². The first kappa shape index (κ1) is 21.8. The molecule has 0 radical (unpaired) electrons. The molecule has 0 saturated heterocycles. The van der Waals surface area contributed by atoms with Gasteiger partial charge in [-0.15, -0.1) is 11.3 Å². The highest BCUT2D eigenvalue weighted by Crippen LogP contribution is 2.32. The van der Waals surface area contributed by atoms with Gasteiger partial charge in [0.05, 0.1) is 17.3 Å². The Morgan fingerprint density at radius 2 is 1.91 bits per heavy atom. The Hall–Kier alpha value is -3.46. The monoisotopic (exact) mass is 457 g/mol. The number of benzene rings is 2. The van der Waals surface area contributed by atoms with Gasteiger partial charge >= 0.3 is 6.18 Å². The van der Waals surface area contributed by atoms with Crippen LogP contribution in [0.15, 0.2) is 71.1 Å². The van der Waals surface area contributed by atoms with Crippen molar-refractivity contribution in [1.29, 1.82) is 0 Å². The highest BCUT2D eigenvalue weighted by molar-refractivity contribution is 7.17. The van der Waals surface area contributed by atoms with Crippen LogP contribution in [0.3, 0.4) is 0 Å². The van der Waals surface area contributed by atoms with E-state index < -0.39 is 23.7 Å². The van der Waals surface area contributed by atoms with E-state index in [9.17, 15) is 22.8 Å². The van der Waals surface area contributed by atoms with Crippen LogP contribution in [0.4, 0.5) is 18.9 Å². The van der Waals surface area contributed by atoms with Crippen molar-refractivity contribution in [2.24, 2.45) is 0 Å². The standard InChI is InChI=1S/C23H18F3N3O2S/c1-2-18(20(30)28-16-10-6-9-15(11-16)23(24,25)26)29-13-27-21-19(22(29)31)17(12-32-21)14-7-4-3-5-8-14/h3-13,18H,2H2,1H3,(H,28,30). The number of aromatic nitrogens is 2. The maximum absolute atomic E-state index is 13.3. The van der Waals surface area contributed by atoms with Gasteiger partial charge in [0.25, 0.3) is 5.56 Å². The second-order valence-corrected chi connectivity index (χ2v) is 8.00. The number of thiophene rings is 1. The lowest BCUT2D eigenvalue weighted by atomic mass is 10.1. The second-order valence-electron chi connectivity index (χ2n) is 7.14. The number of hydrogen-bond donors (Lipinski definition) is 1. The predicted molar refractivity (Wildman–Crippen MR) is 119 cm³/mol. The lowest BCUT2D eigenvalue weighted by Gasteiger charge is -2.18. The Labute approximate surface area is 185 Å². The Morgan fingerprint density at radius 1 is 1.16 bits per heavy atom. The topological polar surface area (TPSA) is 64.0 Å². The zero-order valence-electron chi connectivity index (χ0n) is 16.9. The van der Waals surface area contributed by atoms with E-state index >= 15 is 0 Å². The van der Waals surface area contributed by atoms with E-state index in [0.29, 0.717) is 10.2 Å². The van der Waals surface area contributed by atoms with Crippen LogP contribution in [-0.2, 0) is 11.0 Å². The molecule has 0 spiro atoms. The molecule has 1 amide bonds. The first-order valence-electron chi connectivity index (χ1n) is 9.81. The first-order valence-corrected chi connectivity index (χ1v) is 10.7. The summed E-state index contributed by atoms with van der Waals surface area (Å²) in [6.07, 6.45) is -2.96. The van der Waals surface area contributed by atoms with Crippen LogP contribution in [0.1, 0.15) is 24.9 Å². The largest absolute Gasteiger partial charge is 0.416 e. The number of halogens is 3. The van der Waals surface area contributed by atoms with Crippen LogP contribution in [0.5, 0.6) is 0 Å². The van der Waals surface area contributed by atoms with E-state index in [4.69, 9.17) is 0 Å².